The summed E-state index contributed by atoms with van der Waals surface area (Å²) < 4.78 is 10.5. The molecule has 0 aliphatic rings. The van der Waals surface area contributed by atoms with Gasteiger partial charge in [0.15, 0.2) is 0 Å². The lowest BCUT2D eigenvalue weighted by Gasteiger charge is -2.13. The zero-order chi connectivity index (χ0) is 20.0. The van der Waals surface area contributed by atoms with Crippen LogP contribution in [-0.2, 0) is 0 Å². The van der Waals surface area contributed by atoms with E-state index in [1.807, 2.05) is 6.92 Å². The van der Waals surface area contributed by atoms with Crippen LogP contribution in [0.4, 0.5) is 0 Å². The molecule has 0 heterocycles. The number of methoxy groups -OCH3 is 2. The Bertz CT molecular complexity index is 831. The van der Waals surface area contributed by atoms with E-state index in [2.05, 4.69) is 10.6 Å². The number of rotatable bonds is 7. The number of nitrogens with one attached hydrogen (secondary N) is 2. The molecule has 0 aromatic heterocycles. The van der Waals surface area contributed by atoms with E-state index in [9.17, 15) is 9.59 Å². The largest absolute Gasteiger partial charge is 0.496 e. The van der Waals surface area contributed by atoms with E-state index in [1.54, 1.807) is 24.3 Å². The molecule has 0 saturated heterocycles. The molecule has 2 aromatic carbocycles. The van der Waals surface area contributed by atoms with Crippen molar-refractivity contribution in [3.8, 4) is 11.5 Å². The topological polar surface area (TPSA) is 76.7 Å². The van der Waals surface area contributed by atoms with Crippen molar-refractivity contribution in [1.82, 2.24) is 10.6 Å². The Labute approximate surface area is 167 Å². The maximum atomic E-state index is 12.3. The van der Waals surface area contributed by atoms with Crippen LogP contribution in [0.25, 0.3) is 0 Å². The van der Waals surface area contributed by atoms with Crippen LogP contribution >= 0.6 is 23.2 Å². The van der Waals surface area contributed by atoms with Crippen LogP contribution in [0.5, 0.6) is 11.5 Å². The van der Waals surface area contributed by atoms with Gasteiger partial charge in [0.1, 0.15) is 11.5 Å². The summed E-state index contributed by atoms with van der Waals surface area (Å²) in [7, 11) is 3.06. The van der Waals surface area contributed by atoms with E-state index < -0.39 is 0 Å². The molecule has 0 saturated carbocycles. The average Bonchev–Trinajstić information content (AvgIpc) is 2.67. The Hall–Kier alpha value is -2.44. The van der Waals surface area contributed by atoms with Crippen molar-refractivity contribution in [3.63, 3.8) is 0 Å². The molecule has 2 amide bonds. The number of carbonyl (C=O) groups excluding carboxylic acids is 2. The third-order valence-corrected chi connectivity index (χ3v) is 4.63. The molecule has 0 atom stereocenters. The van der Waals surface area contributed by atoms with Crippen molar-refractivity contribution in [2.75, 3.05) is 27.3 Å². The smallest absolute Gasteiger partial charge is 0.251 e. The van der Waals surface area contributed by atoms with Crippen LogP contribution in [0.3, 0.4) is 0 Å². The van der Waals surface area contributed by atoms with Crippen molar-refractivity contribution >= 4 is 35.0 Å². The highest BCUT2D eigenvalue weighted by atomic mass is 35.5. The molecule has 0 unspecified atom stereocenters. The highest BCUT2D eigenvalue weighted by molar-refractivity contribution is 6.42. The quantitative estimate of drug-likeness (QED) is 0.684. The first-order valence-corrected chi connectivity index (χ1v) is 8.87. The zero-order valence-electron chi connectivity index (χ0n) is 15.2. The zero-order valence-corrected chi connectivity index (χ0v) is 16.7. The number of halogens is 2. The second kappa shape index (κ2) is 9.48. The molecule has 0 radical (unpaired) electrons. The highest BCUT2D eigenvalue weighted by Gasteiger charge is 2.13. The number of hydrogen-bond acceptors (Lipinski definition) is 4. The fourth-order valence-electron chi connectivity index (χ4n) is 2.41. The van der Waals surface area contributed by atoms with Crippen LogP contribution in [0.15, 0.2) is 30.3 Å². The minimum absolute atomic E-state index is 0.254. The van der Waals surface area contributed by atoms with Gasteiger partial charge in [-0.15, -0.1) is 0 Å². The van der Waals surface area contributed by atoms with Gasteiger partial charge in [0.05, 0.1) is 24.3 Å². The van der Waals surface area contributed by atoms with Gasteiger partial charge >= 0.3 is 0 Å². The predicted molar refractivity (Wildman–Crippen MR) is 105 cm³/mol. The maximum absolute atomic E-state index is 12.3. The molecule has 2 aromatic rings. The normalized spacial score (nSPS) is 10.3. The Morgan fingerprint density at radius 3 is 1.85 bits per heavy atom. The second-order valence-electron chi connectivity index (χ2n) is 5.65. The molecule has 0 fully saturated rings. The molecule has 0 aliphatic carbocycles. The summed E-state index contributed by atoms with van der Waals surface area (Å²) in [6, 6.07) is 7.90. The minimum atomic E-state index is -0.304. The van der Waals surface area contributed by atoms with Gasteiger partial charge in [0, 0.05) is 29.8 Å². The summed E-state index contributed by atoms with van der Waals surface area (Å²) >= 11 is 11.7. The Kier molecular flexibility index (Phi) is 7.33. The van der Waals surface area contributed by atoms with Crippen molar-refractivity contribution < 1.29 is 19.1 Å². The van der Waals surface area contributed by atoms with Crippen LogP contribution < -0.4 is 20.1 Å². The molecule has 0 aliphatic heterocycles. The number of ether oxygens (including phenoxy) is 2. The summed E-state index contributed by atoms with van der Waals surface area (Å²) in [5, 5.41) is 6.12. The molecule has 27 heavy (non-hydrogen) atoms. The predicted octanol–water partition coefficient (Wildman–Crippen LogP) is 3.48. The Balaban J connectivity index is 1.90. The van der Waals surface area contributed by atoms with Gasteiger partial charge in [-0.25, -0.2) is 0 Å². The molecule has 8 heteroatoms. The fourth-order valence-corrected chi connectivity index (χ4v) is 2.71. The standard InChI is InChI=1S/C19H20Cl2N2O4/c1-11-16(26-2)9-13(10-17(11)27-3)19(25)23-7-6-22-18(24)12-4-5-14(20)15(21)8-12/h4-5,8-10H,6-7H2,1-3H3,(H,22,24)(H,23,25). The lowest BCUT2D eigenvalue weighted by molar-refractivity contribution is 0.0927. The van der Waals surface area contributed by atoms with E-state index in [1.165, 1.54) is 20.3 Å². The molecule has 0 bridgehead atoms. The van der Waals surface area contributed by atoms with Gasteiger partial charge in [-0.3, -0.25) is 9.59 Å². The van der Waals surface area contributed by atoms with Gasteiger partial charge in [-0.2, -0.15) is 0 Å². The highest BCUT2D eigenvalue weighted by Crippen LogP contribution is 2.29. The molecule has 0 spiro atoms. The monoisotopic (exact) mass is 410 g/mol. The second-order valence-corrected chi connectivity index (χ2v) is 6.46. The summed E-state index contributed by atoms with van der Waals surface area (Å²) in [5.74, 6) is 0.525. The lowest BCUT2D eigenvalue weighted by atomic mass is 10.1. The van der Waals surface area contributed by atoms with Crippen LogP contribution in [0.2, 0.25) is 10.0 Å². The molecule has 144 valence electrons. The van der Waals surface area contributed by atoms with Gasteiger partial charge in [0.2, 0.25) is 0 Å². The maximum Gasteiger partial charge on any atom is 0.251 e. The SMILES string of the molecule is COc1cc(C(=O)NCCNC(=O)c2ccc(Cl)c(Cl)c2)cc(OC)c1C. The van der Waals surface area contributed by atoms with E-state index in [0.717, 1.165) is 5.56 Å². The number of hydrogen-bond donors (Lipinski definition) is 2. The van der Waals surface area contributed by atoms with Crippen molar-refractivity contribution in [2.45, 2.75) is 6.92 Å². The number of benzene rings is 2. The molecular weight excluding hydrogens is 391 g/mol. The molecule has 2 N–H and O–H groups in total. The lowest BCUT2D eigenvalue weighted by Crippen LogP contribution is -2.34. The van der Waals surface area contributed by atoms with Gasteiger partial charge in [0.25, 0.3) is 11.8 Å². The molecule has 2 rings (SSSR count). The van der Waals surface area contributed by atoms with E-state index in [4.69, 9.17) is 32.7 Å². The van der Waals surface area contributed by atoms with Crippen molar-refractivity contribution in [1.29, 1.82) is 0 Å². The van der Waals surface area contributed by atoms with Crippen molar-refractivity contribution in [3.05, 3.63) is 57.1 Å². The van der Waals surface area contributed by atoms with E-state index in [-0.39, 0.29) is 24.9 Å². The fraction of sp³-hybridized carbons (Fsp3) is 0.263. The number of amides is 2. The molecular formula is C19H20Cl2N2O4. The van der Waals surface area contributed by atoms with Gasteiger partial charge in [-0.05, 0) is 37.3 Å². The number of carbonyl (C=O) groups is 2. The minimum Gasteiger partial charge on any atom is -0.496 e. The first kappa shape index (κ1) is 20.9. The summed E-state index contributed by atoms with van der Waals surface area (Å²) in [6.07, 6.45) is 0. The van der Waals surface area contributed by atoms with E-state index >= 15 is 0 Å². The Morgan fingerprint density at radius 2 is 1.37 bits per heavy atom. The third-order valence-electron chi connectivity index (χ3n) is 3.89. The first-order valence-electron chi connectivity index (χ1n) is 8.11. The first-order chi connectivity index (χ1) is 12.9. The third kappa shape index (κ3) is 5.28. The summed E-state index contributed by atoms with van der Waals surface area (Å²) in [5.41, 5.74) is 1.61. The van der Waals surface area contributed by atoms with E-state index in [0.29, 0.717) is 32.7 Å². The average molecular weight is 411 g/mol. The van der Waals surface area contributed by atoms with Crippen LogP contribution in [0.1, 0.15) is 26.3 Å². The summed E-state index contributed by atoms with van der Waals surface area (Å²) in [6.45, 7) is 2.35. The van der Waals surface area contributed by atoms with Gasteiger partial charge < -0.3 is 20.1 Å². The van der Waals surface area contributed by atoms with Crippen LogP contribution in [0, 0.1) is 6.92 Å². The van der Waals surface area contributed by atoms with Crippen molar-refractivity contribution in [2.24, 2.45) is 0 Å². The Morgan fingerprint density at radius 1 is 0.852 bits per heavy atom. The molecule has 6 nitrogen and oxygen atoms in total. The van der Waals surface area contributed by atoms with Gasteiger partial charge in [-0.1, -0.05) is 23.2 Å². The summed E-state index contributed by atoms with van der Waals surface area (Å²) in [4.78, 5) is 24.4. The van der Waals surface area contributed by atoms with Crippen LogP contribution in [-0.4, -0.2) is 39.1 Å².